The number of anilines is 1. The highest BCUT2D eigenvalue weighted by Gasteiger charge is 2.18. The van der Waals surface area contributed by atoms with Crippen molar-refractivity contribution in [3.8, 4) is 11.5 Å². The number of methoxy groups -OCH3 is 1. The molecule has 5 nitrogen and oxygen atoms in total. The minimum absolute atomic E-state index is 0.0260. The topological polar surface area (TPSA) is 56.8 Å². The van der Waals surface area contributed by atoms with Crippen molar-refractivity contribution in [1.29, 1.82) is 0 Å². The Morgan fingerprint density at radius 3 is 2.71 bits per heavy atom. The first-order chi connectivity index (χ1) is 13.4. The van der Waals surface area contributed by atoms with Crippen LogP contribution in [0, 0.1) is 0 Å². The fourth-order valence-electron chi connectivity index (χ4n) is 3.16. The molecule has 1 atom stereocenters. The number of nitrogens with one attached hydrogen (secondary N) is 1. The van der Waals surface area contributed by atoms with Crippen molar-refractivity contribution >= 4 is 11.6 Å². The van der Waals surface area contributed by atoms with E-state index in [4.69, 9.17) is 14.2 Å². The van der Waals surface area contributed by atoms with E-state index in [0.717, 1.165) is 25.0 Å². The van der Waals surface area contributed by atoms with Crippen LogP contribution in [0.2, 0.25) is 0 Å². The van der Waals surface area contributed by atoms with Crippen molar-refractivity contribution in [3.63, 3.8) is 0 Å². The summed E-state index contributed by atoms with van der Waals surface area (Å²) in [5, 5.41) is 2.97. The van der Waals surface area contributed by atoms with Gasteiger partial charge in [0.15, 0.2) is 0 Å². The van der Waals surface area contributed by atoms with Gasteiger partial charge < -0.3 is 19.5 Å². The normalized spacial score (nSPS) is 16.6. The minimum Gasteiger partial charge on any atom is -0.495 e. The van der Waals surface area contributed by atoms with Crippen LogP contribution in [0.25, 0.3) is 0 Å². The number of hydrogen-bond donors (Lipinski definition) is 1. The molecule has 0 aliphatic carbocycles. The van der Waals surface area contributed by atoms with Crippen molar-refractivity contribution < 1.29 is 19.0 Å². The maximum Gasteiger partial charge on any atom is 0.255 e. The number of amides is 1. The summed E-state index contributed by atoms with van der Waals surface area (Å²) >= 11 is 0. The molecule has 1 fully saturated rings. The smallest absolute Gasteiger partial charge is 0.255 e. The quantitative estimate of drug-likeness (QED) is 0.778. The Hall–Kier alpha value is -2.53. The van der Waals surface area contributed by atoms with Crippen LogP contribution < -0.4 is 14.8 Å². The molecule has 0 bridgehead atoms. The fraction of sp³-hybridized carbons (Fsp3) is 0.435. The van der Waals surface area contributed by atoms with Crippen LogP contribution in [-0.4, -0.2) is 32.3 Å². The molecule has 1 heterocycles. The molecule has 1 aliphatic rings. The average molecular weight is 383 g/mol. The zero-order valence-electron chi connectivity index (χ0n) is 17.1. The molecule has 3 rings (SSSR count). The standard InChI is InChI=1S/C23H29NO4/c1-23(2,3)17-10-11-21(26-4)20(14-17)24-22(25)16-7-5-8-18(13-16)28-15-19-9-6-12-27-19/h5,7-8,10-11,13-14,19H,6,9,12,15H2,1-4H3,(H,24,25). The third-order valence-electron chi connectivity index (χ3n) is 4.87. The van der Waals surface area contributed by atoms with Crippen LogP contribution in [0.3, 0.4) is 0 Å². The summed E-state index contributed by atoms with van der Waals surface area (Å²) in [6, 6.07) is 13.1. The van der Waals surface area contributed by atoms with Crippen LogP contribution in [0.4, 0.5) is 5.69 Å². The van der Waals surface area contributed by atoms with E-state index in [9.17, 15) is 4.79 Å². The lowest BCUT2D eigenvalue weighted by Crippen LogP contribution is -2.17. The van der Waals surface area contributed by atoms with Crippen molar-refractivity contribution in [2.24, 2.45) is 0 Å². The molecule has 2 aromatic carbocycles. The number of hydrogen-bond acceptors (Lipinski definition) is 4. The van der Waals surface area contributed by atoms with Gasteiger partial charge in [0.2, 0.25) is 0 Å². The van der Waals surface area contributed by atoms with E-state index in [-0.39, 0.29) is 17.4 Å². The third kappa shape index (κ3) is 5.04. The molecule has 1 N–H and O–H groups in total. The van der Waals surface area contributed by atoms with E-state index in [1.807, 2.05) is 30.3 Å². The van der Waals surface area contributed by atoms with Gasteiger partial charge in [0.05, 0.1) is 18.9 Å². The number of benzene rings is 2. The maximum absolute atomic E-state index is 12.8. The van der Waals surface area contributed by atoms with Gasteiger partial charge in [-0.1, -0.05) is 32.9 Å². The van der Waals surface area contributed by atoms with Gasteiger partial charge in [-0.3, -0.25) is 4.79 Å². The van der Waals surface area contributed by atoms with Gasteiger partial charge in [-0.2, -0.15) is 0 Å². The highest BCUT2D eigenvalue weighted by atomic mass is 16.5. The predicted molar refractivity (Wildman–Crippen MR) is 111 cm³/mol. The molecule has 0 saturated carbocycles. The predicted octanol–water partition coefficient (Wildman–Crippen LogP) is 4.80. The van der Waals surface area contributed by atoms with Crippen LogP contribution in [0.5, 0.6) is 11.5 Å². The van der Waals surface area contributed by atoms with Crippen LogP contribution >= 0.6 is 0 Å². The second-order valence-electron chi connectivity index (χ2n) is 8.09. The van der Waals surface area contributed by atoms with Gasteiger partial charge in [0.1, 0.15) is 18.1 Å². The molecular weight excluding hydrogens is 354 g/mol. The van der Waals surface area contributed by atoms with E-state index < -0.39 is 0 Å². The molecule has 0 spiro atoms. The highest BCUT2D eigenvalue weighted by Crippen LogP contribution is 2.32. The number of rotatable bonds is 6. The summed E-state index contributed by atoms with van der Waals surface area (Å²) in [7, 11) is 1.60. The van der Waals surface area contributed by atoms with E-state index in [1.165, 1.54) is 0 Å². The Morgan fingerprint density at radius 1 is 1.21 bits per heavy atom. The molecule has 28 heavy (non-hydrogen) atoms. The Kier molecular flexibility index (Phi) is 6.25. The molecule has 0 radical (unpaired) electrons. The molecule has 1 saturated heterocycles. The molecule has 1 unspecified atom stereocenters. The van der Waals surface area contributed by atoms with Gasteiger partial charge in [0.25, 0.3) is 5.91 Å². The average Bonchev–Trinajstić information content (AvgIpc) is 3.19. The monoisotopic (exact) mass is 383 g/mol. The van der Waals surface area contributed by atoms with Gasteiger partial charge >= 0.3 is 0 Å². The van der Waals surface area contributed by atoms with E-state index in [0.29, 0.717) is 29.4 Å². The molecular formula is C23H29NO4. The fourth-order valence-corrected chi connectivity index (χ4v) is 3.16. The van der Waals surface area contributed by atoms with Crippen molar-refractivity contribution in [2.45, 2.75) is 45.1 Å². The molecule has 1 aliphatic heterocycles. The third-order valence-corrected chi connectivity index (χ3v) is 4.87. The van der Waals surface area contributed by atoms with Crippen molar-refractivity contribution in [2.75, 3.05) is 25.6 Å². The van der Waals surface area contributed by atoms with Crippen molar-refractivity contribution in [3.05, 3.63) is 53.6 Å². The summed E-state index contributed by atoms with van der Waals surface area (Å²) in [6.07, 6.45) is 2.23. The number of ether oxygens (including phenoxy) is 3. The SMILES string of the molecule is COc1ccc(C(C)(C)C)cc1NC(=O)c1cccc(OCC2CCCO2)c1. The Morgan fingerprint density at radius 2 is 2.04 bits per heavy atom. The Labute approximate surface area is 167 Å². The molecule has 150 valence electrons. The van der Waals surface area contributed by atoms with Gasteiger partial charge in [-0.05, 0) is 54.2 Å². The lowest BCUT2D eigenvalue weighted by molar-refractivity contribution is 0.0679. The largest absolute Gasteiger partial charge is 0.495 e. The summed E-state index contributed by atoms with van der Waals surface area (Å²) in [4.78, 5) is 12.8. The molecule has 1 amide bonds. The zero-order valence-corrected chi connectivity index (χ0v) is 17.1. The summed E-state index contributed by atoms with van der Waals surface area (Å²) in [5.74, 6) is 1.10. The summed E-state index contributed by atoms with van der Waals surface area (Å²) in [6.45, 7) is 7.71. The highest BCUT2D eigenvalue weighted by molar-refractivity contribution is 6.05. The molecule has 0 aromatic heterocycles. The molecule has 2 aromatic rings. The van der Waals surface area contributed by atoms with E-state index in [1.54, 1.807) is 19.2 Å². The molecule has 5 heteroatoms. The van der Waals surface area contributed by atoms with Gasteiger partial charge in [-0.15, -0.1) is 0 Å². The van der Waals surface area contributed by atoms with Gasteiger partial charge in [0, 0.05) is 12.2 Å². The second-order valence-corrected chi connectivity index (χ2v) is 8.09. The maximum atomic E-state index is 12.8. The first kappa shape index (κ1) is 20.2. The first-order valence-electron chi connectivity index (χ1n) is 9.71. The Bertz CT molecular complexity index is 820. The van der Waals surface area contributed by atoms with E-state index >= 15 is 0 Å². The minimum atomic E-state index is -0.202. The first-order valence-corrected chi connectivity index (χ1v) is 9.71. The van der Waals surface area contributed by atoms with Crippen LogP contribution in [0.15, 0.2) is 42.5 Å². The van der Waals surface area contributed by atoms with Crippen LogP contribution in [0.1, 0.15) is 49.5 Å². The van der Waals surface area contributed by atoms with Gasteiger partial charge in [-0.25, -0.2) is 0 Å². The number of carbonyl (C=O) groups is 1. The van der Waals surface area contributed by atoms with Crippen LogP contribution in [-0.2, 0) is 10.2 Å². The van der Waals surface area contributed by atoms with E-state index in [2.05, 4.69) is 26.1 Å². The summed E-state index contributed by atoms with van der Waals surface area (Å²) in [5.41, 5.74) is 2.29. The second kappa shape index (κ2) is 8.65. The lowest BCUT2D eigenvalue weighted by Gasteiger charge is -2.21. The Balaban J connectivity index is 1.73. The zero-order chi connectivity index (χ0) is 20.1. The number of carbonyl (C=O) groups excluding carboxylic acids is 1. The van der Waals surface area contributed by atoms with Crippen molar-refractivity contribution in [1.82, 2.24) is 0 Å². The summed E-state index contributed by atoms with van der Waals surface area (Å²) < 4.78 is 16.8. The lowest BCUT2D eigenvalue weighted by atomic mass is 9.87.